The Morgan fingerprint density at radius 2 is 1.71 bits per heavy atom. The second-order valence-corrected chi connectivity index (χ2v) is 7.42. The Kier molecular flexibility index (Phi) is 5.21. The molecule has 2 N–H and O–H groups in total. The number of aromatic amines is 1. The first-order chi connectivity index (χ1) is 13.6. The summed E-state index contributed by atoms with van der Waals surface area (Å²) in [5, 5.41) is 10.2. The van der Waals surface area contributed by atoms with Crippen LogP contribution in [0.1, 0.15) is 24.2 Å². The molecule has 4 nitrogen and oxygen atoms in total. The molecule has 3 aromatic carbocycles. The highest BCUT2D eigenvalue weighted by atomic mass is 79.9. The monoisotopic (exact) mass is 436 g/mol. The molecule has 0 aliphatic heterocycles. The second-order valence-electron chi connectivity index (χ2n) is 6.50. The van der Waals surface area contributed by atoms with E-state index in [1.54, 1.807) is 6.07 Å². The summed E-state index contributed by atoms with van der Waals surface area (Å²) in [6.07, 6.45) is 0. The minimum atomic E-state index is -0.257. The van der Waals surface area contributed by atoms with Crippen LogP contribution in [0.4, 0.5) is 16.0 Å². The van der Waals surface area contributed by atoms with Crippen molar-refractivity contribution in [3.8, 4) is 11.1 Å². The van der Waals surface area contributed by atoms with E-state index in [0.717, 1.165) is 21.3 Å². The van der Waals surface area contributed by atoms with Crippen molar-refractivity contribution in [3.63, 3.8) is 0 Å². The Bertz CT molecular complexity index is 1080. The Morgan fingerprint density at radius 1 is 0.964 bits per heavy atom. The van der Waals surface area contributed by atoms with Crippen molar-refractivity contribution >= 4 is 27.6 Å². The molecule has 6 heteroatoms. The minimum Gasteiger partial charge on any atom is -0.323 e. The predicted octanol–water partition coefficient (Wildman–Crippen LogP) is 6.27. The van der Waals surface area contributed by atoms with Crippen LogP contribution in [0.25, 0.3) is 11.1 Å². The molecule has 4 rings (SSSR count). The number of benzene rings is 3. The van der Waals surface area contributed by atoms with Crippen molar-refractivity contribution in [2.24, 2.45) is 0 Å². The zero-order valence-electron chi connectivity index (χ0n) is 15.2. The molecular weight excluding hydrogens is 419 g/mol. The Labute approximate surface area is 171 Å². The van der Waals surface area contributed by atoms with E-state index in [2.05, 4.69) is 36.4 Å². The van der Waals surface area contributed by atoms with Gasteiger partial charge in [-0.1, -0.05) is 65.3 Å². The van der Waals surface area contributed by atoms with Gasteiger partial charge in [0, 0.05) is 16.1 Å². The molecule has 1 atom stereocenters. The summed E-state index contributed by atoms with van der Waals surface area (Å²) in [5.74, 6) is 0.543. The van der Waals surface area contributed by atoms with Crippen LogP contribution in [-0.2, 0) is 0 Å². The first-order valence-electron chi connectivity index (χ1n) is 8.90. The molecular formula is C22H18BrFN4. The highest BCUT2D eigenvalue weighted by molar-refractivity contribution is 9.10. The maximum atomic E-state index is 14.8. The van der Waals surface area contributed by atoms with Crippen LogP contribution in [0.3, 0.4) is 0 Å². The summed E-state index contributed by atoms with van der Waals surface area (Å²) in [6, 6.07) is 22.8. The molecule has 0 amide bonds. The van der Waals surface area contributed by atoms with Crippen LogP contribution >= 0.6 is 15.9 Å². The highest BCUT2D eigenvalue weighted by Gasteiger charge is 2.18. The van der Waals surface area contributed by atoms with Crippen molar-refractivity contribution in [1.29, 1.82) is 0 Å². The Balaban J connectivity index is 1.54. The number of nitrogens with one attached hydrogen (secondary N) is 2. The Morgan fingerprint density at radius 3 is 2.43 bits per heavy atom. The summed E-state index contributed by atoms with van der Waals surface area (Å²) < 4.78 is 15.8. The van der Waals surface area contributed by atoms with Crippen molar-refractivity contribution < 1.29 is 4.39 Å². The van der Waals surface area contributed by atoms with Crippen LogP contribution in [-0.4, -0.2) is 15.2 Å². The van der Waals surface area contributed by atoms with Gasteiger partial charge in [0.1, 0.15) is 11.6 Å². The molecule has 0 bridgehead atoms. The number of H-pyrrole nitrogens is 1. The van der Waals surface area contributed by atoms with Crippen LogP contribution in [0.2, 0.25) is 0 Å². The van der Waals surface area contributed by atoms with Crippen LogP contribution in [0.15, 0.2) is 77.3 Å². The molecule has 1 aromatic heterocycles. The van der Waals surface area contributed by atoms with E-state index in [4.69, 9.17) is 0 Å². The topological polar surface area (TPSA) is 53.6 Å². The number of hydrogen-bond donors (Lipinski definition) is 2. The highest BCUT2D eigenvalue weighted by Crippen LogP contribution is 2.29. The van der Waals surface area contributed by atoms with Gasteiger partial charge in [-0.2, -0.15) is 4.98 Å². The molecule has 0 saturated carbocycles. The zero-order valence-corrected chi connectivity index (χ0v) is 16.7. The van der Waals surface area contributed by atoms with E-state index in [-0.39, 0.29) is 11.7 Å². The van der Waals surface area contributed by atoms with Crippen molar-refractivity contribution in [3.05, 3.63) is 94.5 Å². The first-order valence-corrected chi connectivity index (χ1v) is 9.69. The SMILES string of the molecule is CC(c1nc(Nc2ccc(Br)cc2)n[nH]1)c1ccc(-c2ccccc2)cc1F. The number of nitrogens with zero attached hydrogens (tertiary/aromatic N) is 2. The molecule has 4 aromatic rings. The predicted molar refractivity (Wildman–Crippen MR) is 113 cm³/mol. The van der Waals surface area contributed by atoms with Gasteiger partial charge < -0.3 is 5.32 Å². The van der Waals surface area contributed by atoms with Gasteiger partial charge in [0.2, 0.25) is 5.95 Å². The molecule has 0 fully saturated rings. The molecule has 1 heterocycles. The van der Waals surface area contributed by atoms with E-state index in [1.165, 1.54) is 0 Å². The fourth-order valence-electron chi connectivity index (χ4n) is 3.02. The van der Waals surface area contributed by atoms with E-state index in [0.29, 0.717) is 17.3 Å². The Hall–Kier alpha value is -2.99. The lowest BCUT2D eigenvalue weighted by Crippen LogP contribution is -2.02. The van der Waals surface area contributed by atoms with Gasteiger partial charge in [-0.25, -0.2) is 4.39 Å². The summed E-state index contributed by atoms with van der Waals surface area (Å²) in [5.41, 5.74) is 3.29. The number of rotatable bonds is 5. The lowest BCUT2D eigenvalue weighted by Gasteiger charge is -2.11. The smallest absolute Gasteiger partial charge is 0.246 e. The third-order valence-electron chi connectivity index (χ3n) is 4.59. The van der Waals surface area contributed by atoms with Crippen LogP contribution in [0.5, 0.6) is 0 Å². The molecule has 0 aliphatic carbocycles. The average Bonchev–Trinajstić information content (AvgIpc) is 3.18. The number of halogens is 2. The summed E-state index contributed by atoms with van der Waals surface area (Å²) in [6.45, 7) is 1.91. The van der Waals surface area contributed by atoms with Crippen molar-refractivity contribution in [2.45, 2.75) is 12.8 Å². The number of aromatic nitrogens is 3. The molecule has 0 saturated heterocycles. The van der Waals surface area contributed by atoms with Gasteiger partial charge in [0.15, 0.2) is 0 Å². The maximum Gasteiger partial charge on any atom is 0.246 e. The molecule has 140 valence electrons. The van der Waals surface area contributed by atoms with Crippen molar-refractivity contribution in [2.75, 3.05) is 5.32 Å². The lowest BCUT2D eigenvalue weighted by molar-refractivity contribution is 0.599. The van der Waals surface area contributed by atoms with E-state index in [1.807, 2.05) is 73.7 Å². The fraction of sp³-hybridized carbons (Fsp3) is 0.0909. The first kappa shape index (κ1) is 18.4. The zero-order chi connectivity index (χ0) is 19.5. The van der Waals surface area contributed by atoms with Crippen molar-refractivity contribution in [1.82, 2.24) is 15.2 Å². The van der Waals surface area contributed by atoms with Crippen LogP contribution < -0.4 is 5.32 Å². The molecule has 28 heavy (non-hydrogen) atoms. The van der Waals surface area contributed by atoms with Gasteiger partial charge in [-0.05, 0) is 47.0 Å². The largest absolute Gasteiger partial charge is 0.323 e. The van der Waals surface area contributed by atoms with Gasteiger partial charge >= 0.3 is 0 Å². The summed E-state index contributed by atoms with van der Waals surface area (Å²) in [7, 11) is 0. The normalized spacial score (nSPS) is 12.0. The van der Waals surface area contributed by atoms with E-state index < -0.39 is 0 Å². The quantitative estimate of drug-likeness (QED) is 0.387. The van der Waals surface area contributed by atoms with Gasteiger partial charge in [-0.3, -0.25) is 5.10 Å². The third-order valence-corrected chi connectivity index (χ3v) is 5.12. The average molecular weight is 437 g/mol. The standard InChI is InChI=1S/C22H18BrFN4/c1-14(19-12-7-16(13-20(19)24)15-5-3-2-4-6-15)21-26-22(28-27-21)25-18-10-8-17(23)9-11-18/h2-14H,1H3,(H2,25,26,27,28). The van der Waals surface area contributed by atoms with Gasteiger partial charge in [-0.15, -0.1) is 5.10 Å². The van der Waals surface area contributed by atoms with Gasteiger partial charge in [0.05, 0.1) is 0 Å². The van der Waals surface area contributed by atoms with E-state index >= 15 is 0 Å². The van der Waals surface area contributed by atoms with Crippen LogP contribution in [0, 0.1) is 5.82 Å². The number of anilines is 2. The summed E-state index contributed by atoms with van der Waals surface area (Å²) in [4.78, 5) is 4.47. The summed E-state index contributed by atoms with van der Waals surface area (Å²) >= 11 is 3.41. The van der Waals surface area contributed by atoms with E-state index in [9.17, 15) is 4.39 Å². The molecule has 0 radical (unpaired) electrons. The second kappa shape index (κ2) is 7.94. The fourth-order valence-corrected chi connectivity index (χ4v) is 3.29. The molecule has 0 spiro atoms. The maximum absolute atomic E-state index is 14.8. The van der Waals surface area contributed by atoms with Gasteiger partial charge in [0.25, 0.3) is 0 Å². The number of hydrogen-bond acceptors (Lipinski definition) is 3. The lowest BCUT2D eigenvalue weighted by atomic mass is 9.96. The third kappa shape index (κ3) is 3.97. The molecule has 0 aliphatic rings. The molecule has 1 unspecified atom stereocenters. The minimum absolute atomic E-state index is 0.252.